The van der Waals surface area contributed by atoms with Gasteiger partial charge in [-0.25, -0.2) is 13.4 Å². The molecule has 174 valence electrons. The second-order valence-electron chi connectivity index (χ2n) is 8.00. The van der Waals surface area contributed by atoms with Gasteiger partial charge in [-0.15, -0.1) is 0 Å². The summed E-state index contributed by atoms with van der Waals surface area (Å²) in [7, 11) is -1.93. The van der Waals surface area contributed by atoms with Gasteiger partial charge in [-0.05, 0) is 49.4 Å². The SMILES string of the molecule is CC(c1nc2ccc(C(N)=O)cc2c(=O)n1C)N1CCN(S(=O)(=O)c2ccc(Br)cc2)CC1. The number of hydrogen-bond acceptors (Lipinski definition) is 6. The van der Waals surface area contributed by atoms with Gasteiger partial charge in [-0.3, -0.25) is 19.1 Å². The second-order valence-corrected chi connectivity index (χ2v) is 10.9. The van der Waals surface area contributed by atoms with Gasteiger partial charge in [0.25, 0.3) is 5.56 Å². The largest absolute Gasteiger partial charge is 0.366 e. The Kier molecular flexibility index (Phi) is 6.41. The molecule has 1 atom stereocenters. The third kappa shape index (κ3) is 4.45. The van der Waals surface area contributed by atoms with Crippen LogP contribution in [0.1, 0.15) is 29.1 Å². The Morgan fingerprint density at radius 2 is 1.73 bits per heavy atom. The first-order chi connectivity index (χ1) is 15.6. The van der Waals surface area contributed by atoms with Crippen molar-refractivity contribution in [3.05, 3.63) is 68.7 Å². The maximum Gasteiger partial charge on any atom is 0.261 e. The zero-order valence-electron chi connectivity index (χ0n) is 18.2. The molecule has 1 aromatic heterocycles. The first-order valence-electron chi connectivity index (χ1n) is 10.4. The molecule has 0 bridgehead atoms. The highest BCUT2D eigenvalue weighted by molar-refractivity contribution is 9.10. The molecule has 1 saturated heterocycles. The number of carbonyl (C=O) groups excluding carboxylic acids is 1. The first kappa shape index (κ1) is 23.6. The molecule has 2 aromatic carbocycles. The number of carbonyl (C=O) groups is 1. The number of piperazine rings is 1. The number of fused-ring (bicyclic) bond motifs is 1. The number of rotatable bonds is 5. The minimum Gasteiger partial charge on any atom is -0.366 e. The van der Waals surface area contributed by atoms with Crippen molar-refractivity contribution in [3.63, 3.8) is 0 Å². The number of halogens is 1. The minimum atomic E-state index is -3.57. The average Bonchev–Trinajstić information content (AvgIpc) is 2.81. The van der Waals surface area contributed by atoms with E-state index in [2.05, 4.69) is 25.8 Å². The van der Waals surface area contributed by atoms with Gasteiger partial charge in [0.15, 0.2) is 0 Å². The van der Waals surface area contributed by atoms with E-state index in [0.717, 1.165) is 4.47 Å². The van der Waals surface area contributed by atoms with Gasteiger partial charge in [0, 0.05) is 43.3 Å². The van der Waals surface area contributed by atoms with E-state index in [9.17, 15) is 18.0 Å². The van der Waals surface area contributed by atoms with Crippen molar-refractivity contribution in [2.24, 2.45) is 12.8 Å². The van der Waals surface area contributed by atoms with E-state index >= 15 is 0 Å². The van der Waals surface area contributed by atoms with Gasteiger partial charge in [0.05, 0.1) is 21.8 Å². The molecule has 3 aromatic rings. The summed E-state index contributed by atoms with van der Waals surface area (Å²) < 4.78 is 29.7. The Balaban J connectivity index is 1.55. The lowest BCUT2D eigenvalue weighted by Crippen LogP contribution is -2.49. The van der Waals surface area contributed by atoms with Crippen molar-refractivity contribution < 1.29 is 13.2 Å². The van der Waals surface area contributed by atoms with Crippen LogP contribution in [0.2, 0.25) is 0 Å². The van der Waals surface area contributed by atoms with E-state index in [1.807, 2.05) is 6.92 Å². The number of primary amides is 1. The molecule has 33 heavy (non-hydrogen) atoms. The van der Waals surface area contributed by atoms with Crippen molar-refractivity contribution in [3.8, 4) is 0 Å². The quantitative estimate of drug-likeness (QED) is 0.534. The maximum absolute atomic E-state index is 13.0. The van der Waals surface area contributed by atoms with Crippen LogP contribution in [0.25, 0.3) is 10.9 Å². The van der Waals surface area contributed by atoms with Crippen LogP contribution in [-0.4, -0.2) is 59.3 Å². The number of amides is 1. The lowest BCUT2D eigenvalue weighted by molar-refractivity contribution is 0.100. The number of sulfonamides is 1. The molecule has 2 N–H and O–H groups in total. The van der Waals surface area contributed by atoms with Crippen LogP contribution in [0.4, 0.5) is 0 Å². The van der Waals surface area contributed by atoms with Gasteiger partial charge in [-0.1, -0.05) is 15.9 Å². The number of nitrogens with zero attached hydrogens (tertiary/aromatic N) is 4. The summed E-state index contributed by atoms with van der Waals surface area (Å²) in [4.78, 5) is 31.4. The van der Waals surface area contributed by atoms with Crippen LogP contribution in [-0.2, 0) is 17.1 Å². The fourth-order valence-corrected chi connectivity index (χ4v) is 5.75. The number of hydrogen-bond donors (Lipinski definition) is 1. The molecule has 4 rings (SSSR count). The predicted octanol–water partition coefficient (Wildman–Crippen LogP) is 1.86. The first-order valence-corrected chi connectivity index (χ1v) is 12.6. The Labute approximate surface area is 200 Å². The fraction of sp³-hybridized carbons (Fsp3) is 0.318. The Morgan fingerprint density at radius 3 is 2.33 bits per heavy atom. The van der Waals surface area contributed by atoms with E-state index in [1.165, 1.54) is 14.9 Å². The summed E-state index contributed by atoms with van der Waals surface area (Å²) in [6, 6.07) is 11.0. The normalized spacial score (nSPS) is 16.7. The molecule has 1 amide bonds. The van der Waals surface area contributed by atoms with E-state index in [4.69, 9.17) is 5.73 Å². The Bertz CT molecular complexity index is 1380. The van der Waals surface area contributed by atoms with Gasteiger partial charge in [0.1, 0.15) is 5.82 Å². The number of benzene rings is 2. The molecule has 11 heteroatoms. The van der Waals surface area contributed by atoms with Crippen molar-refractivity contribution in [2.75, 3.05) is 26.2 Å². The van der Waals surface area contributed by atoms with Crippen molar-refractivity contribution in [1.29, 1.82) is 0 Å². The molecular formula is C22H24BrN5O4S. The molecule has 0 aliphatic carbocycles. The van der Waals surface area contributed by atoms with E-state index in [-0.39, 0.29) is 22.1 Å². The highest BCUT2D eigenvalue weighted by atomic mass is 79.9. The van der Waals surface area contributed by atoms with Crippen LogP contribution < -0.4 is 11.3 Å². The van der Waals surface area contributed by atoms with Gasteiger partial charge < -0.3 is 5.73 Å². The third-order valence-corrected chi connectivity index (χ3v) is 8.48. The maximum atomic E-state index is 13.0. The summed E-state index contributed by atoms with van der Waals surface area (Å²) in [5.41, 5.74) is 5.81. The Morgan fingerprint density at radius 1 is 1.09 bits per heavy atom. The molecule has 9 nitrogen and oxygen atoms in total. The highest BCUT2D eigenvalue weighted by Gasteiger charge is 2.31. The number of nitrogens with two attached hydrogens (primary N) is 1. The minimum absolute atomic E-state index is 0.208. The van der Waals surface area contributed by atoms with E-state index < -0.39 is 15.9 Å². The van der Waals surface area contributed by atoms with Crippen LogP contribution >= 0.6 is 15.9 Å². The lowest BCUT2D eigenvalue weighted by atomic mass is 10.1. The molecule has 2 heterocycles. The number of aromatic nitrogens is 2. The standard InChI is InChI=1S/C22H24BrN5O4S/c1-14(21-25-19-8-3-15(20(24)29)13-18(19)22(30)26(21)2)27-9-11-28(12-10-27)33(31,32)17-6-4-16(23)5-7-17/h3-8,13-14H,9-12H2,1-2H3,(H2,24,29). The lowest BCUT2D eigenvalue weighted by Gasteiger charge is -2.37. The summed E-state index contributed by atoms with van der Waals surface area (Å²) in [5, 5.41) is 0.329. The Hall–Kier alpha value is -2.60. The molecule has 1 unspecified atom stereocenters. The zero-order valence-corrected chi connectivity index (χ0v) is 20.6. The summed E-state index contributed by atoms with van der Waals surface area (Å²) in [6.07, 6.45) is 0. The molecule has 1 aliphatic heterocycles. The van der Waals surface area contributed by atoms with E-state index in [1.54, 1.807) is 43.4 Å². The average molecular weight is 534 g/mol. The third-order valence-electron chi connectivity index (χ3n) is 6.04. The molecule has 0 radical (unpaired) electrons. The van der Waals surface area contributed by atoms with Crippen LogP contribution in [0, 0.1) is 0 Å². The van der Waals surface area contributed by atoms with Crippen molar-refractivity contribution >= 4 is 42.8 Å². The molecule has 0 saturated carbocycles. The van der Waals surface area contributed by atoms with E-state index in [0.29, 0.717) is 42.9 Å². The molecule has 1 fully saturated rings. The van der Waals surface area contributed by atoms with Crippen molar-refractivity contribution in [2.45, 2.75) is 17.9 Å². The molecular weight excluding hydrogens is 510 g/mol. The van der Waals surface area contributed by atoms with Gasteiger partial charge >= 0.3 is 0 Å². The van der Waals surface area contributed by atoms with Crippen LogP contribution in [0.15, 0.2) is 56.6 Å². The highest BCUT2D eigenvalue weighted by Crippen LogP contribution is 2.24. The van der Waals surface area contributed by atoms with Gasteiger partial charge in [-0.2, -0.15) is 4.31 Å². The van der Waals surface area contributed by atoms with Crippen LogP contribution in [0.3, 0.4) is 0 Å². The summed E-state index contributed by atoms with van der Waals surface area (Å²) >= 11 is 3.32. The predicted molar refractivity (Wildman–Crippen MR) is 128 cm³/mol. The van der Waals surface area contributed by atoms with Gasteiger partial charge in [0.2, 0.25) is 15.9 Å². The van der Waals surface area contributed by atoms with Crippen molar-refractivity contribution in [1.82, 2.24) is 18.8 Å². The fourth-order valence-electron chi connectivity index (χ4n) is 4.07. The second kappa shape index (κ2) is 8.98. The summed E-state index contributed by atoms with van der Waals surface area (Å²) in [6.45, 7) is 3.64. The molecule has 0 spiro atoms. The monoisotopic (exact) mass is 533 g/mol. The summed E-state index contributed by atoms with van der Waals surface area (Å²) in [5.74, 6) is -0.0316. The van der Waals surface area contributed by atoms with Crippen LogP contribution in [0.5, 0.6) is 0 Å². The smallest absolute Gasteiger partial charge is 0.261 e. The zero-order chi connectivity index (χ0) is 23.9. The topological polar surface area (TPSA) is 119 Å². The molecule has 1 aliphatic rings.